The van der Waals surface area contributed by atoms with E-state index in [0.29, 0.717) is 18.7 Å². The van der Waals surface area contributed by atoms with Crippen LogP contribution in [0.2, 0.25) is 0 Å². The molecule has 28 heavy (non-hydrogen) atoms. The Morgan fingerprint density at radius 3 is 2.32 bits per heavy atom. The van der Waals surface area contributed by atoms with Gasteiger partial charge in [-0.15, -0.1) is 0 Å². The number of likely N-dealkylation sites (tertiary alicyclic amines) is 1. The Kier molecular flexibility index (Phi) is 6.38. The summed E-state index contributed by atoms with van der Waals surface area (Å²) in [6, 6.07) is 15.4. The molecule has 2 atom stereocenters. The summed E-state index contributed by atoms with van der Waals surface area (Å²) in [5.74, 6) is -0.106. The summed E-state index contributed by atoms with van der Waals surface area (Å²) < 4.78 is 0. The minimum Gasteiger partial charge on any atom is -0.387 e. The van der Waals surface area contributed by atoms with E-state index in [1.54, 1.807) is 4.90 Å². The SMILES string of the molecule is CC(NC1CCN(C(=O)c2ccc([N+](=O)[O-])cc2)CC1)C(O)c1ccccc1. The van der Waals surface area contributed by atoms with Crippen molar-refractivity contribution in [2.24, 2.45) is 0 Å². The van der Waals surface area contributed by atoms with Crippen LogP contribution in [0.25, 0.3) is 0 Å². The molecule has 148 valence electrons. The van der Waals surface area contributed by atoms with Crippen LogP contribution in [0.5, 0.6) is 0 Å². The molecule has 2 unspecified atom stereocenters. The quantitative estimate of drug-likeness (QED) is 0.591. The smallest absolute Gasteiger partial charge is 0.269 e. The maximum Gasteiger partial charge on any atom is 0.269 e. The second kappa shape index (κ2) is 8.95. The monoisotopic (exact) mass is 383 g/mol. The van der Waals surface area contributed by atoms with Crippen molar-refractivity contribution < 1.29 is 14.8 Å². The standard InChI is InChI=1S/C21H25N3O4/c1-15(20(25)16-5-3-2-4-6-16)22-18-11-13-23(14-12-18)21(26)17-7-9-19(10-8-17)24(27)28/h2-10,15,18,20,22,25H,11-14H2,1H3. The van der Waals surface area contributed by atoms with E-state index in [0.717, 1.165) is 18.4 Å². The van der Waals surface area contributed by atoms with Gasteiger partial charge < -0.3 is 15.3 Å². The summed E-state index contributed by atoms with van der Waals surface area (Å²) in [5.41, 5.74) is 1.32. The third-order valence-electron chi connectivity index (χ3n) is 5.22. The van der Waals surface area contributed by atoms with Gasteiger partial charge in [0.05, 0.1) is 11.0 Å². The predicted octanol–water partition coefficient (Wildman–Crippen LogP) is 2.91. The van der Waals surface area contributed by atoms with Gasteiger partial charge in [0, 0.05) is 42.9 Å². The average molecular weight is 383 g/mol. The number of benzene rings is 2. The molecule has 0 saturated carbocycles. The van der Waals surface area contributed by atoms with Crippen LogP contribution in [-0.2, 0) is 0 Å². The number of non-ortho nitro benzene ring substituents is 1. The van der Waals surface area contributed by atoms with Crippen LogP contribution in [-0.4, -0.2) is 46.0 Å². The number of piperidine rings is 1. The Balaban J connectivity index is 1.51. The van der Waals surface area contributed by atoms with Crippen molar-refractivity contribution in [3.63, 3.8) is 0 Å². The Hall–Kier alpha value is -2.77. The van der Waals surface area contributed by atoms with E-state index in [1.807, 2.05) is 37.3 Å². The molecule has 2 aromatic rings. The van der Waals surface area contributed by atoms with Gasteiger partial charge in [0.25, 0.3) is 11.6 Å². The van der Waals surface area contributed by atoms with Crippen molar-refractivity contribution in [1.82, 2.24) is 10.2 Å². The van der Waals surface area contributed by atoms with Crippen molar-refractivity contribution in [2.75, 3.05) is 13.1 Å². The van der Waals surface area contributed by atoms with Gasteiger partial charge in [-0.05, 0) is 37.5 Å². The zero-order valence-corrected chi connectivity index (χ0v) is 15.8. The molecule has 2 aromatic carbocycles. The minimum atomic E-state index is -0.582. The molecule has 0 spiro atoms. The first-order valence-corrected chi connectivity index (χ1v) is 9.48. The number of amides is 1. The normalized spacial score (nSPS) is 17.1. The number of carbonyl (C=O) groups is 1. The second-order valence-electron chi connectivity index (χ2n) is 7.18. The number of aliphatic hydroxyl groups excluding tert-OH is 1. The Bertz CT molecular complexity index is 802. The summed E-state index contributed by atoms with van der Waals surface area (Å²) in [7, 11) is 0. The molecule has 3 rings (SSSR count). The van der Waals surface area contributed by atoms with Crippen molar-refractivity contribution in [2.45, 2.75) is 38.0 Å². The van der Waals surface area contributed by atoms with E-state index in [4.69, 9.17) is 0 Å². The molecule has 1 saturated heterocycles. The summed E-state index contributed by atoms with van der Waals surface area (Å²) in [6.07, 6.45) is 1.01. The first-order chi connectivity index (χ1) is 13.5. The number of nitrogens with one attached hydrogen (secondary N) is 1. The van der Waals surface area contributed by atoms with Crippen LogP contribution < -0.4 is 5.32 Å². The van der Waals surface area contributed by atoms with Gasteiger partial charge in [-0.1, -0.05) is 30.3 Å². The van der Waals surface area contributed by atoms with Gasteiger partial charge in [-0.25, -0.2) is 0 Å². The maximum absolute atomic E-state index is 12.6. The Labute approximate surface area is 164 Å². The molecule has 0 bridgehead atoms. The summed E-state index contributed by atoms with van der Waals surface area (Å²) >= 11 is 0. The third kappa shape index (κ3) is 4.74. The van der Waals surface area contributed by atoms with Crippen LogP contribution in [0.15, 0.2) is 54.6 Å². The molecule has 2 N–H and O–H groups in total. The first kappa shape index (κ1) is 20.0. The van der Waals surface area contributed by atoms with Gasteiger partial charge in [0.1, 0.15) is 0 Å². The molecule has 1 aliphatic rings. The number of hydrogen-bond donors (Lipinski definition) is 2. The number of carbonyl (C=O) groups excluding carboxylic acids is 1. The largest absolute Gasteiger partial charge is 0.387 e. The third-order valence-corrected chi connectivity index (χ3v) is 5.22. The molecular weight excluding hydrogens is 358 g/mol. The highest BCUT2D eigenvalue weighted by atomic mass is 16.6. The first-order valence-electron chi connectivity index (χ1n) is 9.48. The molecule has 1 amide bonds. The maximum atomic E-state index is 12.6. The predicted molar refractivity (Wildman–Crippen MR) is 106 cm³/mol. The van der Waals surface area contributed by atoms with Crippen LogP contribution in [0, 0.1) is 10.1 Å². The highest BCUT2D eigenvalue weighted by Crippen LogP contribution is 2.20. The highest BCUT2D eigenvalue weighted by Gasteiger charge is 2.26. The zero-order valence-electron chi connectivity index (χ0n) is 15.8. The topological polar surface area (TPSA) is 95.7 Å². The van der Waals surface area contributed by atoms with E-state index < -0.39 is 11.0 Å². The van der Waals surface area contributed by atoms with Crippen LogP contribution in [0.3, 0.4) is 0 Å². The Morgan fingerprint density at radius 2 is 1.75 bits per heavy atom. The number of nitro groups is 1. The molecule has 0 radical (unpaired) electrons. The fourth-order valence-corrected chi connectivity index (χ4v) is 3.56. The number of hydrogen-bond acceptors (Lipinski definition) is 5. The lowest BCUT2D eigenvalue weighted by Crippen LogP contribution is -2.48. The van der Waals surface area contributed by atoms with E-state index in [1.165, 1.54) is 24.3 Å². The van der Waals surface area contributed by atoms with Crippen LogP contribution in [0.1, 0.15) is 41.8 Å². The minimum absolute atomic E-state index is 0.0228. The molecule has 1 heterocycles. The van der Waals surface area contributed by atoms with Gasteiger partial charge in [-0.3, -0.25) is 14.9 Å². The van der Waals surface area contributed by atoms with Gasteiger partial charge in [-0.2, -0.15) is 0 Å². The number of rotatable bonds is 6. The number of nitrogens with zero attached hydrogens (tertiary/aromatic N) is 2. The van der Waals surface area contributed by atoms with Crippen LogP contribution in [0.4, 0.5) is 5.69 Å². The van der Waals surface area contributed by atoms with Crippen molar-refractivity contribution in [3.05, 3.63) is 75.8 Å². The van der Waals surface area contributed by atoms with Gasteiger partial charge in [0.2, 0.25) is 0 Å². The Morgan fingerprint density at radius 1 is 1.14 bits per heavy atom. The lowest BCUT2D eigenvalue weighted by atomic mass is 9.99. The van der Waals surface area contributed by atoms with Crippen molar-refractivity contribution >= 4 is 11.6 Å². The zero-order chi connectivity index (χ0) is 20.1. The lowest BCUT2D eigenvalue weighted by Gasteiger charge is -2.35. The second-order valence-corrected chi connectivity index (χ2v) is 7.18. The molecule has 0 aromatic heterocycles. The number of nitro benzene ring substituents is 1. The molecular formula is C21H25N3O4. The van der Waals surface area contributed by atoms with E-state index in [-0.39, 0.29) is 23.7 Å². The summed E-state index contributed by atoms with van der Waals surface area (Å²) in [5, 5.41) is 24.7. The van der Waals surface area contributed by atoms with Gasteiger partial charge >= 0.3 is 0 Å². The lowest BCUT2D eigenvalue weighted by molar-refractivity contribution is -0.384. The molecule has 1 aliphatic heterocycles. The summed E-state index contributed by atoms with van der Waals surface area (Å²) in [4.78, 5) is 24.6. The van der Waals surface area contributed by atoms with E-state index >= 15 is 0 Å². The average Bonchev–Trinajstić information content (AvgIpc) is 2.74. The molecule has 7 heteroatoms. The highest BCUT2D eigenvalue weighted by molar-refractivity contribution is 5.94. The van der Waals surface area contributed by atoms with E-state index in [9.17, 15) is 20.0 Å². The number of aliphatic hydroxyl groups is 1. The molecule has 7 nitrogen and oxygen atoms in total. The molecule has 0 aliphatic carbocycles. The summed E-state index contributed by atoms with van der Waals surface area (Å²) in [6.45, 7) is 3.19. The van der Waals surface area contributed by atoms with Crippen molar-refractivity contribution in [1.29, 1.82) is 0 Å². The van der Waals surface area contributed by atoms with E-state index in [2.05, 4.69) is 5.32 Å². The fourth-order valence-electron chi connectivity index (χ4n) is 3.56. The molecule has 1 fully saturated rings. The fraction of sp³-hybridized carbons (Fsp3) is 0.381. The van der Waals surface area contributed by atoms with Crippen molar-refractivity contribution in [3.8, 4) is 0 Å². The van der Waals surface area contributed by atoms with Crippen LogP contribution >= 0.6 is 0 Å². The van der Waals surface area contributed by atoms with Gasteiger partial charge in [0.15, 0.2) is 0 Å².